The number of fused-ring (bicyclic) bond motifs is 1. The molecule has 1 aromatic carbocycles. The Morgan fingerprint density at radius 3 is 2.29 bits per heavy atom. The third-order valence-corrected chi connectivity index (χ3v) is 4.40. The summed E-state index contributed by atoms with van der Waals surface area (Å²) in [5, 5.41) is 0.553. The summed E-state index contributed by atoms with van der Waals surface area (Å²) in [7, 11) is 0. The third-order valence-electron chi connectivity index (χ3n) is 3.68. The zero-order chi connectivity index (χ0) is 15.1. The lowest BCUT2D eigenvalue weighted by Gasteiger charge is -2.33. The number of benzene rings is 1. The lowest BCUT2D eigenvalue weighted by atomic mass is 10.1. The molecule has 0 unspecified atom stereocenters. The SMILES string of the molecule is C[C@H]1CN(CN2C(=O)c3cc(Cl)c(Cl)cc3C2=O)CCO1. The number of carbonyl (C=O) groups is 2. The Morgan fingerprint density at radius 2 is 1.76 bits per heavy atom. The van der Waals surface area contributed by atoms with Crippen LogP contribution in [0.2, 0.25) is 10.0 Å². The number of hydrogen-bond donors (Lipinski definition) is 0. The molecule has 2 amide bonds. The molecule has 0 N–H and O–H groups in total. The van der Waals surface area contributed by atoms with Crippen LogP contribution in [-0.4, -0.2) is 54.1 Å². The van der Waals surface area contributed by atoms with Crippen molar-refractivity contribution in [3.8, 4) is 0 Å². The quantitative estimate of drug-likeness (QED) is 0.781. The van der Waals surface area contributed by atoms with Gasteiger partial charge in [-0.3, -0.25) is 19.4 Å². The van der Waals surface area contributed by atoms with E-state index in [1.807, 2.05) is 11.8 Å². The molecule has 21 heavy (non-hydrogen) atoms. The van der Waals surface area contributed by atoms with Crippen molar-refractivity contribution >= 4 is 35.0 Å². The summed E-state index contributed by atoms with van der Waals surface area (Å²) in [6.07, 6.45) is 0.0952. The fourth-order valence-electron chi connectivity index (χ4n) is 2.63. The molecule has 0 aromatic heterocycles. The summed E-state index contributed by atoms with van der Waals surface area (Å²) >= 11 is 11.8. The fraction of sp³-hybridized carbons (Fsp3) is 0.429. The Labute approximate surface area is 132 Å². The maximum Gasteiger partial charge on any atom is 0.262 e. The highest BCUT2D eigenvalue weighted by molar-refractivity contribution is 6.43. The van der Waals surface area contributed by atoms with Gasteiger partial charge in [0.05, 0.1) is 40.6 Å². The van der Waals surface area contributed by atoms with Crippen molar-refractivity contribution in [3.05, 3.63) is 33.3 Å². The van der Waals surface area contributed by atoms with E-state index in [0.717, 1.165) is 0 Å². The smallest absolute Gasteiger partial charge is 0.262 e. The first-order valence-electron chi connectivity index (χ1n) is 6.66. The van der Waals surface area contributed by atoms with Crippen LogP contribution in [-0.2, 0) is 4.74 Å². The highest BCUT2D eigenvalue weighted by Crippen LogP contribution is 2.31. The monoisotopic (exact) mass is 328 g/mol. The summed E-state index contributed by atoms with van der Waals surface area (Å²) < 4.78 is 5.45. The Balaban J connectivity index is 1.83. The van der Waals surface area contributed by atoms with Gasteiger partial charge in [0.2, 0.25) is 0 Å². The Hall–Kier alpha value is -1.14. The summed E-state index contributed by atoms with van der Waals surface area (Å²) in [5.41, 5.74) is 0.631. The lowest BCUT2D eigenvalue weighted by molar-refractivity contribution is -0.0310. The molecule has 1 saturated heterocycles. The van der Waals surface area contributed by atoms with E-state index in [1.165, 1.54) is 17.0 Å². The first-order chi connectivity index (χ1) is 9.97. The van der Waals surface area contributed by atoms with Crippen LogP contribution in [0.15, 0.2) is 12.1 Å². The number of amides is 2. The van der Waals surface area contributed by atoms with Gasteiger partial charge in [0.1, 0.15) is 0 Å². The number of morpholine rings is 1. The molecule has 3 rings (SSSR count). The van der Waals surface area contributed by atoms with Gasteiger partial charge in [0.15, 0.2) is 0 Å². The van der Waals surface area contributed by atoms with Crippen LogP contribution in [0.3, 0.4) is 0 Å². The van der Waals surface area contributed by atoms with Crippen molar-refractivity contribution < 1.29 is 14.3 Å². The van der Waals surface area contributed by atoms with Gasteiger partial charge in [-0.15, -0.1) is 0 Å². The number of nitrogens with zero attached hydrogens (tertiary/aromatic N) is 2. The summed E-state index contributed by atoms with van der Waals surface area (Å²) in [6, 6.07) is 2.92. The van der Waals surface area contributed by atoms with E-state index in [2.05, 4.69) is 0 Å². The molecule has 1 fully saturated rings. The van der Waals surface area contributed by atoms with Crippen molar-refractivity contribution in [1.82, 2.24) is 9.80 Å². The molecule has 0 saturated carbocycles. The largest absolute Gasteiger partial charge is 0.376 e. The van der Waals surface area contributed by atoms with Crippen LogP contribution in [0, 0.1) is 0 Å². The average Bonchev–Trinajstić information content (AvgIpc) is 2.65. The molecule has 0 bridgehead atoms. The van der Waals surface area contributed by atoms with Crippen LogP contribution < -0.4 is 0 Å². The van der Waals surface area contributed by atoms with Gasteiger partial charge >= 0.3 is 0 Å². The minimum Gasteiger partial charge on any atom is -0.376 e. The minimum atomic E-state index is -0.326. The van der Waals surface area contributed by atoms with E-state index < -0.39 is 0 Å². The Bertz CT molecular complexity index is 579. The van der Waals surface area contributed by atoms with Crippen molar-refractivity contribution in [1.29, 1.82) is 0 Å². The minimum absolute atomic E-state index is 0.0952. The number of hydrogen-bond acceptors (Lipinski definition) is 4. The third kappa shape index (κ3) is 2.66. The molecule has 5 nitrogen and oxygen atoms in total. The van der Waals surface area contributed by atoms with Crippen LogP contribution >= 0.6 is 23.2 Å². The molecule has 2 aliphatic rings. The molecule has 1 aromatic rings. The maximum absolute atomic E-state index is 12.4. The number of imide groups is 1. The molecule has 2 aliphatic heterocycles. The van der Waals surface area contributed by atoms with E-state index in [-0.39, 0.29) is 34.6 Å². The van der Waals surface area contributed by atoms with Crippen molar-refractivity contribution in [2.75, 3.05) is 26.4 Å². The summed E-state index contributed by atoms with van der Waals surface area (Å²) in [5.74, 6) is -0.652. The van der Waals surface area contributed by atoms with Crippen molar-refractivity contribution in [2.24, 2.45) is 0 Å². The highest BCUT2D eigenvalue weighted by Gasteiger charge is 2.37. The highest BCUT2D eigenvalue weighted by atomic mass is 35.5. The van der Waals surface area contributed by atoms with Crippen LogP contribution in [0.5, 0.6) is 0 Å². The van der Waals surface area contributed by atoms with Crippen molar-refractivity contribution in [3.63, 3.8) is 0 Å². The van der Waals surface area contributed by atoms with Gasteiger partial charge in [-0.2, -0.15) is 0 Å². The van der Waals surface area contributed by atoms with Crippen LogP contribution in [0.25, 0.3) is 0 Å². The van der Waals surface area contributed by atoms with Crippen LogP contribution in [0.1, 0.15) is 27.6 Å². The molecule has 0 spiro atoms. The van der Waals surface area contributed by atoms with E-state index in [0.29, 0.717) is 30.8 Å². The average molecular weight is 329 g/mol. The fourth-order valence-corrected chi connectivity index (χ4v) is 2.96. The number of carbonyl (C=O) groups excluding carboxylic acids is 2. The molecule has 0 aliphatic carbocycles. The van der Waals surface area contributed by atoms with Crippen LogP contribution in [0.4, 0.5) is 0 Å². The molecule has 2 heterocycles. The standard InChI is InChI=1S/C14H14Cl2N2O3/c1-8-6-17(2-3-21-8)7-18-13(19)9-4-11(15)12(16)5-10(9)14(18)20/h4-5,8H,2-3,6-7H2,1H3/t8-/m0/s1. The molecule has 1 atom stereocenters. The van der Waals surface area contributed by atoms with Crippen molar-refractivity contribution in [2.45, 2.75) is 13.0 Å². The van der Waals surface area contributed by atoms with Gasteiger partial charge in [-0.05, 0) is 19.1 Å². The maximum atomic E-state index is 12.4. The Morgan fingerprint density at radius 1 is 1.19 bits per heavy atom. The Kier molecular flexibility index (Phi) is 3.92. The van der Waals surface area contributed by atoms with E-state index in [1.54, 1.807) is 0 Å². The molecular weight excluding hydrogens is 315 g/mol. The normalized spacial score (nSPS) is 22.8. The molecular formula is C14H14Cl2N2O3. The summed E-state index contributed by atoms with van der Waals surface area (Å²) in [4.78, 5) is 28.0. The van der Waals surface area contributed by atoms with E-state index >= 15 is 0 Å². The van der Waals surface area contributed by atoms with Gasteiger partial charge in [0.25, 0.3) is 11.8 Å². The zero-order valence-corrected chi connectivity index (χ0v) is 12.9. The number of rotatable bonds is 2. The number of halogens is 2. The first-order valence-corrected chi connectivity index (χ1v) is 7.42. The topological polar surface area (TPSA) is 49.9 Å². The predicted octanol–water partition coefficient (Wildman–Crippen LogP) is 2.27. The van der Waals surface area contributed by atoms with Gasteiger partial charge in [0, 0.05) is 13.1 Å². The van der Waals surface area contributed by atoms with Gasteiger partial charge in [-0.1, -0.05) is 23.2 Å². The lowest BCUT2D eigenvalue weighted by Crippen LogP contribution is -2.48. The predicted molar refractivity (Wildman–Crippen MR) is 78.8 cm³/mol. The first kappa shape index (κ1) is 14.8. The summed E-state index contributed by atoms with van der Waals surface area (Å²) in [6.45, 7) is 4.21. The second-order valence-corrected chi connectivity index (χ2v) is 6.06. The van der Waals surface area contributed by atoms with Gasteiger partial charge < -0.3 is 4.74 Å². The second-order valence-electron chi connectivity index (χ2n) is 5.25. The molecule has 7 heteroatoms. The molecule has 0 radical (unpaired) electrons. The molecule has 112 valence electrons. The van der Waals surface area contributed by atoms with E-state index in [4.69, 9.17) is 27.9 Å². The van der Waals surface area contributed by atoms with Gasteiger partial charge in [-0.25, -0.2) is 0 Å². The second kappa shape index (κ2) is 5.57. The number of ether oxygens (including phenoxy) is 1. The van der Waals surface area contributed by atoms with E-state index in [9.17, 15) is 9.59 Å². The zero-order valence-electron chi connectivity index (χ0n) is 11.4.